The highest BCUT2D eigenvalue weighted by Crippen LogP contribution is 2.19. The molecule has 1 heterocycles. The van der Waals surface area contributed by atoms with E-state index in [4.69, 9.17) is 22.1 Å². The molecule has 0 bridgehead atoms. The zero-order valence-corrected chi connectivity index (χ0v) is 12.9. The zero-order chi connectivity index (χ0) is 15.8. The minimum atomic E-state index is -0.230. The van der Waals surface area contributed by atoms with E-state index in [9.17, 15) is 4.79 Å². The Hall–Kier alpha value is -2.11. The van der Waals surface area contributed by atoms with Crippen LogP contribution in [0, 0.1) is 22.7 Å². The maximum atomic E-state index is 12.5. The Labute approximate surface area is 129 Å². The van der Waals surface area contributed by atoms with Crippen molar-refractivity contribution in [2.75, 3.05) is 13.1 Å². The van der Waals surface area contributed by atoms with Gasteiger partial charge >= 0.3 is 0 Å². The third-order valence-corrected chi connectivity index (χ3v) is 3.12. The SMILES string of the molecule is CC(C)c1cc(C(=O)N(CCC#N)CCC#N)cc(Cl)n1. The Morgan fingerprint density at radius 2 is 1.86 bits per heavy atom. The monoisotopic (exact) mass is 304 g/mol. The normalized spacial score (nSPS) is 10.0. The van der Waals surface area contributed by atoms with Gasteiger partial charge in [-0.15, -0.1) is 0 Å². The summed E-state index contributed by atoms with van der Waals surface area (Å²) in [5.41, 5.74) is 1.18. The number of pyridine rings is 1. The summed E-state index contributed by atoms with van der Waals surface area (Å²) in [6, 6.07) is 7.24. The molecule has 0 N–H and O–H groups in total. The van der Waals surface area contributed by atoms with Gasteiger partial charge in [0.1, 0.15) is 5.15 Å². The summed E-state index contributed by atoms with van der Waals surface area (Å²) in [7, 11) is 0. The Balaban J connectivity index is 3.02. The van der Waals surface area contributed by atoms with E-state index >= 15 is 0 Å². The van der Waals surface area contributed by atoms with Gasteiger partial charge < -0.3 is 4.90 Å². The first-order valence-corrected chi connectivity index (χ1v) is 7.08. The standard InChI is InChI=1S/C15H17ClN4O/c1-11(2)13-9-12(10-14(16)19-13)15(21)20(7-3-5-17)8-4-6-18/h9-11H,3-4,7-8H2,1-2H3. The van der Waals surface area contributed by atoms with Gasteiger partial charge in [-0.05, 0) is 18.1 Å². The fraction of sp³-hybridized carbons (Fsp3) is 0.467. The fourth-order valence-electron chi connectivity index (χ4n) is 1.80. The van der Waals surface area contributed by atoms with Gasteiger partial charge in [0.2, 0.25) is 0 Å². The molecule has 6 heteroatoms. The van der Waals surface area contributed by atoms with Crippen molar-refractivity contribution in [3.63, 3.8) is 0 Å². The summed E-state index contributed by atoms with van der Waals surface area (Å²) in [6.07, 6.45) is 0.458. The van der Waals surface area contributed by atoms with Crippen LogP contribution in [0.3, 0.4) is 0 Å². The molecule has 1 rings (SSSR count). The molecule has 110 valence electrons. The third-order valence-electron chi connectivity index (χ3n) is 2.93. The van der Waals surface area contributed by atoms with E-state index in [1.807, 2.05) is 26.0 Å². The van der Waals surface area contributed by atoms with E-state index in [2.05, 4.69) is 4.98 Å². The average molecular weight is 305 g/mol. The predicted octanol–water partition coefficient (Wildman–Crippen LogP) is 3.13. The number of nitriles is 2. The molecule has 21 heavy (non-hydrogen) atoms. The summed E-state index contributed by atoms with van der Waals surface area (Å²) < 4.78 is 0. The van der Waals surface area contributed by atoms with Crippen LogP contribution in [0.4, 0.5) is 0 Å². The second-order valence-electron chi connectivity index (χ2n) is 4.87. The number of hydrogen-bond acceptors (Lipinski definition) is 4. The molecule has 0 aliphatic carbocycles. The molecule has 1 aromatic heterocycles. The zero-order valence-electron chi connectivity index (χ0n) is 12.1. The number of carbonyl (C=O) groups excluding carboxylic acids is 1. The van der Waals surface area contributed by atoms with Gasteiger partial charge in [0.15, 0.2) is 0 Å². The van der Waals surface area contributed by atoms with Crippen molar-refractivity contribution in [2.45, 2.75) is 32.6 Å². The van der Waals surface area contributed by atoms with E-state index in [1.54, 1.807) is 6.07 Å². The van der Waals surface area contributed by atoms with Crippen LogP contribution in [0.1, 0.15) is 48.7 Å². The molecule has 0 aromatic carbocycles. The van der Waals surface area contributed by atoms with Gasteiger partial charge in [0.05, 0.1) is 25.0 Å². The van der Waals surface area contributed by atoms with E-state index in [0.717, 1.165) is 5.69 Å². The molecule has 0 aliphatic rings. The number of rotatable bonds is 6. The van der Waals surface area contributed by atoms with Crippen LogP contribution in [-0.2, 0) is 0 Å². The van der Waals surface area contributed by atoms with Gasteiger partial charge in [0, 0.05) is 24.3 Å². The Morgan fingerprint density at radius 1 is 1.29 bits per heavy atom. The van der Waals surface area contributed by atoms with Crippen LogP contribution >= 0.6 is 11.6 Å². The van der Waals surface area contributed by atoms with Gasteiger partial charge in [0.25, 0.3) is 5.91 Å². The second kappa shape index (κ2) is 8.24. The summed E-state index contributed by atoms with van der Waals surface area (Å²) >= 11 is 5.96. The molecule has 0 saturated carbocycles. The summed E-state index contributed by atoms with van der Waals surface area (Å²) in [4.78, 5) is 18.2. The molecule has 0 spiro atoms. The van der Waals surface area contributed by atoms with Crippen LogP contribution in [-0.4, -0.2) is 28.9 Å². The van der Waals surface area contributed by atoms with Crippen LogP contribution in [0.15, 0.2) is 12.1 Å². The summed E-state index contributed by atoms with van der Waals surface area (Å²) in [5, 5.41) is 17.6. The van der Waals surface area contributed by atoms with E-state index < -0.39 is 0 Å². The lowest BCUT2D eigenvalue weighted by molar-refractivity contribution is 0.0762. The first-order chi connectivity index (χ1) is 9.99. The molecule has 5 nitrogen and oxygen atoms in total. The number of halogens is 1. The van der Waals surface area contributed by atoms with Crippen molar-refractivity contribution < 1.29 is 4.79 Å². The van der Waals surface area contributed by atoms with Gasteiger partial charge in [-0.25, -0.2) is 4.98 Å². The van der Waals surface area contributed by atoms with E-state index in [-0.39, 0.29) is 29.8 Å². The first kappa shape index (κ1) is 16.9. The first-order valence-electron chi connectivity index (χ1n) is 6.70. The van der Waals surface area contributed by atoms with E-state index in [1.165, 1.54) is 11.0 Å². The second-order valence-corrected chi connectivity index (χ2v) is 5.25. The highest BCUT2D eigenvalue weighted by atomic mass is 35.5. The smallest absolute Gasteiger partial charge is 0.254 e. The molecule has 0 radical (unpaired) electrons. The summed E-state index contributed by atoms with van der Waals surface area (Å²) in [5.74, 6) is -0.0754. The number of hydrogen-bond donors (Lipinski definition) is 0. The molecule has 1 aromatic rings. The minimum Gasteiger partial charge on any atom is -0.337 e. The summed E-state index contributed by atoms with van der Waals surface area (Å²) in [6.45, 7) is 4.54. The van der Waals surface area contributed by atoms with Crippen molar-refractivity contribution in [3.8, 4) is 12.1 Å². The largest absolute Gasteiger partial charge is 0.337 e. The quantitative estimate of drug-likeness (QED) is 0.756. The number of amides is 1. The van der Waals surface area contributed by atoms with Gasteiger partial charge in [-0.3, -0.25) is 4.79 Å². The molecule has 0 aliphatic heterocycles. The molecular weight excluding hydrogens is 288 g/mol. The lowest BCUT2D eigenvalue weighted by Crippen LogP contribution is -2.33. The number of aromatic nitrogens is 1. The molecule has 1 amide bonds. The molecular formula is C15H17ClN4O. The Bertz CT molecular complexity index is 568. The number of carbonyl (C=O) groups is 1. The van der Waals surface area contributed by atoms with Crippen LogP contribution in [0.2, 0.25) is 5.15 Å². The van der Waals surface area contributed by atoms with Crippen molar-refractivity contribution in [1.29, 1.82) is 10.5 Å². The van der Waals surface area contributed by atoms with Crippen LogP contribution in [0.5, 0.6) is 0 Å². The Morgan fingerprint density at radius 3 is 2.33 bits per heavy atom. The van der Waals surface area contributed by atoms with Gasteiger partial charge in [-0.1, -0.05) is 25.4 Å². The maximum Gasteiger partial charge on any atom is 0.254 e. The highest BCUT2D eigenvalue weighted by Gasteiger charge is 2.17. The molecule has 0 fully saturated rings. The predicted molar refractivity (Wildman–Crippen MR) is 79.7 cm³/mol. The third kappa shape index (κ3) is 5.06. The highest BCUT2D eigenvalue weighted by molar-refractivity contribution is 6.29. The van der Waals surface area contributed by atoms with Gasteiger partial charge in [-0.2, -0.15) is 10.5 Å². The average Bonchev–Trinajstić information content (AvgIpc) is 2.46. The van der Waals surface area contributed by atoms with Crippen molar-refractivity contribution in [3.05, 3.63) is 28.5 Å². The molecule has 0 atom stereocenters. The molecule has 0 saturated heterocycles. The maximum absolute atomic E-state index is 12.5. The topological polar surface area (TPSA) is 80.8 Å². The number of nitrogens with zero attached hydrogens (tertiary/aromatic N) is 4. The lowest BCUT2D eigenvalue weighted by atomic mass is 10.1. The van der Waals surface area contributed by atoms with Crippen molar-refractivity contribution in [1.82, 2.24) is 9.88 Å². The van der Waals surface area contributed by atoms with E-state index in [0.29, 0.717) is 18.7 Å². The van der Waals surface area contributed by atoms with Crippen molar-refractivity contribution in [2.24, 2.45) is 0 Å². The minimum absolute atomic E-state index is 0.155. The Kier molecular flexibility index (Phi) is 6.65. The lowest BCUT2D eigenvalue weighted by Gasteiger charge is -2.21. The van der Waals surface area contributed by atoms with Crippen LogP contribution in [0.25, 0.3) is 0 Å². The van der Waals surface area contributed by atoms with Crippen molar-refractivity contribution >= 4 is 17.5 Å². The fourth-order valence-corrected chi connectivity index (χ4v) is 2.02. The molecule has 0 unspecified atom stereocenters. The van der Waals surface area contributed by atoms with Crippen LogP contribution < -0.4 is 0 Å².